The third-order valence-electron chi connectivity index (χ3n) is 2.46. The lowest BCUT2D eigenvalue weighted by Gasteiger charge is -2.09. The number of amides is 2. The zero-order valence-electron chi connectivity index (χ0n) is 11.4. The number of halogens is 4. The number of carbonyl (C=O) groups is 2. The fraction of sp³-hybridized carbons (Fsp3) is 0.385. The summed E-state index contributed by atoms with van der Waals surface area (Å²) < 4.78 is 41.7. The molecule has 0 unspecified atom stereocenters. The van der Waals surface area contributed by atoms with Gasteiger partial charge < -0.3 is 15.4 Å². The van der Waals surface area contributed by atoms with Crippen molar-refractivity contribution < 1.29 is 27.5 Å². The van der Waals surface area contributed by atoms with Gasteiger partial charge in [0.1, 0.15) is 6.61 Å². The van der Waals surface area contributed by atoms with E-state index in [2.05, 4.69) is 15.4 Å². The summed E-state index contributed by atoms with van der Waals surface area (Å²) in [6.45, 7) is 0.300. The Kier molecular flexibility index (Phi) is 6.97. The number of rotatable bonds is 6. The minimum absolute atomic E-state index is 0.0747. The summed E-state index contributed by atoms with van der Waals surface area (Å²) in [7, 11) is 0. The lowest BCUT2D eigenvalue weighted by molar-refractivity contribution is -0.137. The molecule has 1 aromatic rings. The third kappa shape index (κ3) is 6.21. The van der Waals surface area contributed by atoms with Crippen LogP contribution in [0.15, 0.2) is 24.3 Å². The summed E-state index contributed by atoms with van der Waals surface area (Å²) in [6.07, 6.45) is -5.10. The zero-order valence-corrected chi connectivity index (χ0v) is 12.1. The van der Waals surface area contributed by atoms with Gasteiger partial charge in [0.2, 0.25) is 0 Å². The van der Waals surface area contributed by atoms with Crippen LogP contribution in [0.3, 0.4) is 0 Å². The second-order valence-electron chi connectivity index (χ2n) is 4.08. The molecule has 0 atom stereocenters. The number of nitrogens with one attached hydrogen (secondary N) is 2. The maximum atomic E-state index is 12.4. The quantitative estimate of drug-likeness (QED) is 0.618. The van der Waals surface area contributed by atoms with Crippen molar-refractivity contribution in [2.45, 2.75) is 6.18 Å². The van der Waals surface area contributed by atoms with Gasteiger partial charge in [-0.3, -0.25) is 4.79 Å². The Morgan fingerprint density at radius 3 is 2.23 bits per heavy atom. The number of carbonyl (C=O) groups excluding carboxylic acids is 2. The average Bonchev–Trinajstić information content (AvgIpc) is 2.48. The first-order valence-corrected chi connectivity index (χ1v) is 6.80. The Morgan fingerprint density at radius 1 is 1.09 bits per heavy atom. The van der Waals surface area contributed by atoms with Crippen LogP contribution in [-0.4, -0.2) is 37.6 Å². The van der Waals surface area contributed by atoms with Crippen molar-refractivity contribution in [1.82, 2.24) is 10.6 Å². The molecule has 1 rings (SSSR count). The summed E-state index contributed by atoms with van der Waals surface area (Å²) in [5, 5.41) is 4.82. The fourth-order valence-electron chi connectivity index (χ4n) is 1.44. The molecule has 0 aliphatic rings. The number of benzene rings is 1. The van der Waals surface area contributed by atoms with E-state index in [4.69, 9.17) is 11.6 Å². The van der Waals surface area contributed by atoms with Crippen molar-refractivity contribution in [3.8, 4) is 0 Å². The van der Waals surface area contributed by atoms with Crippen molar-refractivity contribution in [3.63, 3.8) is 0 Å². The van der Waals surface area contributed by atoms with Crippen LogP contribution in [0.25, 0.3) is 0 Å². The molecular weight excluding hydrogens is 325 g/mol. The second-order valence-corrected chi connectivity index (χ2v) is 4.46. The third-order valence-corrected chi connectivity index (χ3v) is 2.62. The lowest BCUT2D eigenvalue weighted by atomic mass is 10.1. The maximum absolute atomic E-state index is 12.4. The van der Waals surface area contributed by atoms with E-state index in [0.29, 0.717) is 0 Å². The van der Waals surface area contributed by atoms with Crippen molar-refractivity contribution in [1.29, 1.82) is 0 Å². The molecule has 0 aliphatic carbocycles. The molecule has 0 bridgehead atoms. The van der Waals surface area contributed by atoms with E-state index in [1.54, 1.807) is 0 Å². The summed E-state index contributed by atoms with van der Waals surface area (Å²) in [5.74, 6) is -0.359. The first-order valence-electron chi connectivity index (χ1n) is 6.26. The molecule has 22 heavy (non-hydrogen) atoms. The van der Waals surface area contributed by atoms with Gasteiger partial charge >= 0.3 is 12.3 Å². The molecule has 1 aromatic carbocycles. The number of alkyl carbamates (subject to hydrolysis) is 1. The predicted octanol–water partition coefficient (Wildman–Crippen LogP) is 2.40. The standard InChI is InChI=1S/C13H14ClF3N2O3/c14-5-8-22-12(21)19-7-6-18-11(20)9-1-3-10(4-2-9)13(15,16)17/h1-4H,5-8H2,(H,18,20)(H,19,21). The van der Waals surface area contributed by atoms with E-state index >= 15 is 0 Å². The normalized spacial score (nSPS) is 10.9. The van der Waals surface area contributed by atoms with Gasteiger partial charge in [-0.15, -0.1) is 11.6 Å². The number of ether oxygens (including phenoxy) is 1. The summed E-state index contributed by atoms with van der Waals surface area (Å²) in [5.41, 5.74) is -0.731. The summed E-state index contributed by atoms with van der Waals surface area (Å²) in [6, 6.07) is 3.83. The molecule has 0 fully saturated rings. The van der Waals surface area contributed by atoms with Crippen LogP contribution in [0, 0.1) is 0 Å². The topological polar surface area (TPSA) is 67.4 Å². The predicted molar refractivity (Wildman–Crippen MR) is 73.8 cm³/mol. The molecule has 2 N–H and O–H groups in total. The van der Waals surface area contributed by atoms with E-state index in [1.165, 1.54) is 0 Å². The van der Waals surface area contributed by atoms with E-state index in [-0.39, 0.29) is 31.1 Å². The molecule has 9 heteroatoms. The fourth-order valence-corrected chi connectivity index (χ4v) is 1.51. The smallest absolute Gasteiger partial charge is 0.416 e. The van der Waals surface area contributed by atoms with E-state index in [0.717, 1.165) is 24.3 Å². The van der Waals surface area contributed by atoms with Gasteiger partial charge in [-0.25, -0.2) is 4.79 Å². The summed E-state index contributed by atoms with van der Waals surface area (Å²) >= 11 is 5.32. The Morgan fingerprint density at radius 2 is 1.68 bits per heavy atom. The van der Waals surface area contributed by atoms with Gasteiger partial charge in [0.25, 0.3) is 5.91 Å². The molecule has 0 saturated carbocycles. The van der Waals surface area contributed by atoms with E-state index < -0.39 is 23.7 Å². The Labute approximate surface area is 129 Å². The van der Waals surface area contributed by atoms with Crippen molar-refractivity contribution in [2.75, 3.05) is 25.6 Å². The molecule has 0 spiro atoms. The Balaban J connectivity index is 2.35. The van der Waals surface area contributed by atoms with Crippen LogP contribution in [0.5, 0.6) is 0 Å². The van der Waals surface area contributed by atoms with Gasteiger partial charge in [-0.05, 0) is 24.3 Å². The SMILES string of the molecule is O=C(NCCNC(=O)c1ccc(C(F)(F)F)cc1)OCCCl. The van der Waals surface area contributed by atoms with Crippen LogP contribution in [-0.2, 0) is 10.9 Å². The minimum atomic E-state index is -4.44. The molecule has 2 amide bonds. The van der Waals surface area contributed by atoms with Crippen molar-refractivity contribution >= 4 is 23.6 Å². The number of hydrogen-bond acceptors (Lipinski definition) is 3. The first kappa shape index (κ1) is 18.1. The van der Waals surface area contributed by atoms with Crippen LogP contribution in [0.1, 0.15) is 15.9 Å². The minimum Gasteiger partial charge on any atom is -0.448 e. The Bertz CT molecular complexity index is 506. The highest BCUT2D eigenvalue weighted by Gasteiger charge is 2.30. The van der Waals surface area contributed by atoms with Crippen LogP contribution < -0.4 is 10.6 Å². The van der Waals surface area contributed by atoms with E-state index in [1.807, 2.05) is 0 Å². The maximum Gasteiger partial charge on any atom is 0.416 e. The number of alkyl halides is 4. The monoisotopic (exact) mass is 338 g/mol. The number of hydrogen-bond donors (Lipinski definition) is 2. The molecule has 0 aromatic heterocycles. The van der Waals surface area contributed by atoms with E-state index in [9.17, 15) is 22.8 Å². The highest BCUT2D eigenvalue weighted by atomic mass is 35.5. The first-order chi connectivity index (χ1) is 10.3. The molecule has 0 radical (unpaired) electrons. The molecule has 0 aliphatic heterocycles. The van der Waals surface area contributed by atoms with Gasteiger partial charge in [-0.2, -0.15) is 13.2 Å². The molecular formula is C13H14ClF3N2O3. The van der Waals surface area contributed by atoms with Crippen LogP contribution in [0.2, 0.25) is 0 Å². The lowest BCUT2D eigenvalue weighted by Crippen LogP contribution is -2.35. The molecule has 0 saturated heterocycles. The van der Waals surface area contributed by atoms with Crippen LogP contribution >= 0.6 is 11.6 Å². The van der Waals surface area contributed by atoms with Gasteiger partial charge in [0.05, 0.1) is 11.4 Å². The summed E-state index contributed by atoms with van der Waals surface area (Å²) in [4.78, 5) is 22.7. The largest absolute Gasteiger partial charge is 0.448 e. The average molecular weight is 339 g/mol. The second kappa shape index (κ2) is 8.47. The zero-order chi connectivity index (χ0) is 16.6. The highest BCUT2D eigenvalue weighted by Crippen LogP contribution is 2.28. The van der Waals surface area contributed by atoms with Gasteiger partial charge in [0, 0.05) is 18.7 Å². The van der Waals surface area contributed by atoms with Crippen molar-refractivity contribution in [3.05, 3.63) is 35.4 Å². The highest BCUT2D eigenvalue weighted by molar-refractivity contribution is 6.18. The van der Waals surface area contributed by atoms with Gasteiger partial charge in [0.15, 0.2) is 0 Å². The van der Waals surface area contributed by atoms with Crippen molar-refractivity contribution in [2.24, 2.45) is 0 Å². The molecule has 5 nitrogen and oxygen atoms in total. The molecule has 122 valence electrons. The van der Waals surface area contributed by atoms with Crippen LogP contribution in [0.4, 0.5) is 18.0 Å². The molecule has 0 heterocycles. The van der Waals surface area contributed by atoms with Gasteiger partial charge in [-0.1, -0.05) is 0 Å². The Hall–Kier alpha value is -1.96.